The number of aromatic nitrogens is 1. The molecule has 0 aromatic carbocycles. The van der Waals surface area contributed by atoms with E-state index in [2.05, 4.69) is 10.3 Å². The normalized spacial score (nSPS) is 18.8. The number of carboxylic acids is 1. The first kappa shape index (κ1) is 14.7. The standard InChI is InChI=1S/C12H17N3O4S/c16-11(17)5-10-6-19-4-3-15(10)12(18)13-2-1-9-7-20-8-14-9/h7-8,10H,1-6H2,(H,13,18)(H,16,17). The number of ether oxygens (including phenoxy) is 1. The molecule has 7 nitrogen and oxygen atoms in total. The molecule has 2 heterocycles. The van der Waals surface area contributed by atoms with E-state index in [9.17, 15) is 9.59 Å². The molecular weight excluding hydrogens is 282 g/mol. The van der Waals surface area contributed by atoms with Gasteiger partial charge in [0.15, 0.2) is 0 Å². The Kier molecular flexibility index (Phi) is 5.31. The van der Waals surface area contributed by atoms with Crippen LogP contribution in [-0.4, -0.2) is 59.3 Å². The van der Waals surface area contributed by atoms with Crippen LogP contribution < -0.4 is 5.32 Å². The second-order valence-electron chi connectivity index (χ2n) is 4.48. The first-order chi connectivity index (χ1) is 9.66. The van der Waals surface area contributed by atoms with Crippen LogP contribution in [0.3, 0.4) is 0 Å². The van der Waals surface area contributed by atoms with Crippen LogP contribution in [0, 0.1) is 0 Å². The SMILES string of the molecule is O=C(O)CC1COCCN1C(=O)NCCc1cscn1. The van der Waals surface area contributed by atoms with E-state index >= 15 is 0 Å². The van der Waals surface area contributed by atoms with E-state index < -0.39 is 12.0 Å². The third-order valence-corrected chi connectivity index (χ3v) is 3.67. The second kappa shape index (κ2) is 7.20. The molecule has 2 N–H and O–H groups in total. The van der Waals surface area contributed by atoms with E-state index in [1.807, 2.05) is 5.38 Å². The summed E-state index contributed by atoms with van der Waals surface area (Å²) in [5.41, 5.74) is 2.70. The third kappa shape index (κ3) is 4.17. The van der Waals surface area contributed by atoms with Crippen LogP contribution in [0.2, 0.25) is 0 Å². The highest BCUT2D eigenvalue weighted by Gasteiger charge is 2.28. The monoisotopic (exact) mass is 299 g/mol. The predicted octanol–water partition coefficient (Wildman–Crippen LogP) is 0.571. The molecule has 110 valence electrons. The minimum absolute atomic E-state index is 0.0977. The Morgan fingerprint density at radius 1 is 1.60 bits per heavy atom. The van der Waals surface area contributed by atoms with Crippen molar-refractivity contribution in [1.82, 2.24) is 15.2 Å². The van der Waals surface area contributed by atoms with Crippen LogP contribution in [0.25, 0.3) is 0 Å². The fraction of sp³-hybridized carbons (Fsp3) is 0.583. The lowest BCUT2D eigenvalue weighted by atomic mass is 10.1. The van der Waals surface area contributed by atoms with Gasteiger partial charge in [-0.25, -0.2) is 9.78 Å². The maximum absolute atomic E-state index is 12.1. The average molecular weight is 299 g/mol. The van der Waals surface area contributed by atoms with Crippen LogP contribution in [0.5, 0.6) is 0 Å². The molecule has 1 aromatic heterocycles. The van der Waals surface area contributed by atoms with Crippen LogP contribution in [0.15, 0.2) is 10.9 Å². The maximum atomic E-state index is 12.1. The molecular formula is C12H17N3O4S. The van der Waals surface area contributed by atoms with E-state index in [1.165, 1.54) is 11.3 Å². The molecule has 0 saturated carbocycles. The van der Waals surface area contributed by atoms with Crippen molar-refractivity contribution in [3.63, 3.8) is 0 Å². The molecule has 1 fully saturated rings. The number of thiazole rings is 1. The van der Waals surface area contributed by atoms with Crippen molar-refractivity contribution in [1.29, 1.82) is 0 Å². The summed E-state index contributed by atoms with van der Waals surface area (Å²) in [6.45, 7) is 1.61. The Bertz CT molecular complexity index is 452. The van der Waals surface area contributed by atoms with Gasteiger partial charge in [-0.15, -0.1) is 11.3 Å². The van der Waals surface area contributed by atoms with E-state index in [0.29, 0.717) is 26.1 Å². The minimum atomic E-state index is -0.930. The lowest BCUT2D eigenvalue weighted by Crippen LogP contribution is -2.53. The van der Waals surface area contributed by atoms with Crippen molar-refractivity contribution in [2.24, 2.45) is 0 Å². The lowest BCUT2D eigenvalue weighted by Gasteiger charge is -2.34. The zero-order chi connectivity index (χ0) is 14.4. The number of urea groups is 1. The number of amides is 2. The van der Waals surface area contributed by atoms with Crippen molar-refractivity contribution < 1.29 is 19.4 Å². The molecule has 1 saturated heterocycles. The second-order valence-corrected chi connectivity index (χ2v) is 5.20. The lowest BCUT2D eigenvalue weighted by molar-refractivity contribution is -0.139. The van der Waals surface area contributed by atoms with Gasteiger partial charge < -0.3 is 20.1 Å². The highest BCUT2D eigenvalue weighted by Crippen LogP contribution is 2.11. The number of carbonyl (C=O) groups excluding carboxylic acids is 1. The van der Waals surface area contributed by atoms with Crippen molar-refractivity contribution >= 4 is 23.3 Å². The fourth-order valence-electron chi connectivity index (χ4n) is 2.05. The van der Waals surface area contributed by atoms with Crippen molar-refractivity contribution in [2.75, 3.05) is 26.3 Å². The minimum Gasteiger partial charge on any atom is -0.481 e. The van der Waals surface area contributed by atoms with Crippen LogP contribution in [0.1, 0.15) is 12.1 Å². The maximum Gasteiger partial charge on any atom is 0.317 e. The summed E-state index contributed by atoms with van der Waals surface area (Å²) >= 11 is 1.52. The molecule has 1 aliphatic rings. The highest BCUT2D eigenvalue weighted by molar-refractivity contribution is 7.07. The molecule has 1 aliphatic heterocycles. The molecule has 1 atom stereocenters. The molecule has 0 bridgehead atoms. The van der Waals surface area contributed by atoms with Gasteiger partial charge in [0.25, 0.3) is 0 Å². The molecule has 1 aromatic rings. The number of morpholine rings is 1. The van der Waals surface area contributed by atoms with Gasteiger partial charge >= 0.3 is 12.0 Å². The summed E-state index contributed by atoms with van der Waals surface area (Å²) in [5.74, 6) is -0.930. The van der Waals surface area contributed by atoms with Gasteiger partial charge in [0, 0.05) is 24.9 Å². The number of carbonyl (C=O) groups is 2. The summed E-state index contributed by atoms with van der Waals surface area (Å²) in [4.78, 5) is 28.5. The van der Waals surface area contributed by atoms with Crippen LogP contribution in [0.4, 0.5) is 4.79 Å². The van der Waals surface area contributed by atoms with Gasteiger partial charge in [0.2, 0.25) is 0 Å². The number of rotatable bonds is 5. The first-order valence-corrected chi connectivity index (χ1v) is 7.32. The molecule has 2 rings (SSSR count). The molecule has 8 heteroatoms. The van der Waals surface area contributed by atoms with Gasteiger partial charge in [-0.05, 0) is 0 Å². The number of carboxylic acid groups (broad SMARTS) is 1. The Morgan fingerprint density at radius 3 is 3.15 bits per heavy atom. The number of aliphatic carboxylic acids is 1. The molecule has 20 heavy (non-hydrogen) atoms. The zero-order valence-electron chi connectivity index (χ0n) is 10.9. The Hall–Kier alpha value is -1.67. The van der Waals surface area contributed by atoms with Gasteiger partial charge in [0.1, 0.15) is 0 Å². The van der Waals surface area contributed by atoms with E-state index in [-0.39, 0.29) is 19.1 Å². The highest BCUT2D eigenvalue weighted by atomic mass is 32.1. The summed E-state index contributed by atoms with van der Waals surface area (Å²) in [6, 6.07) is -0.643. The van der Waals surface area contributed by atoms with E-state index in [0.717, 1.165) is 5.69 Å². The summed E-state index contributed by atoms with van der Waals surface area (Å²) < 4.78 is 5.23. The Balaban J connectivity index is 1.81. The van der Waals surface area contributed by atoms with E-state index in [4.69, 9.17) is 9.84 Å². The Labute approximate surface area is 120 Å². The zero-order valence-corrected chi connectivity index (χ0v) is 11.8. The van der Waals surface area contributed by atoms with Crippen molar-refractivity contribution in [3.05, 3.63) is 16.6 Å². The predicted molar refractivity (Wildman–Crippen MR) is 72.8 cm³/mol. The van der Waals surface area contributed by atoms with Crippen molar-refractivity contribution in [3.8, 4) is 0 Å². The largest absolute Gasteiger partial charge is 0.481 e. The topological polar surface area (TPSA) is 91.8 Å². The molecule has 1 unspecified atom stereocenters. The van der Waals surface area contributed by atoms with Gasteiger partial charge in [-0.2, -0.15) is 0 Å². The third-order valence-electron chi connectivity index (χ3n) is 3.04. The molecule has 2 amide bonds. The Morgan fingerprint density at radius 2 is 2.45 bits per heavy atom. The smallest absolute Gasteiger partial charge is 0.317 e. The number of hydrogen-bond donors (Lipinski definition) is 2. The van der Waals surface area contributed by atoms with E-state index in [1.54, 1.807) is 10.4 Å². The summed E-state index contributed by atoms with van der Waals surface area (Å²) in [7, 11) is 0. The van der Waals surface area contributed by atoms with Gasteiger partial charge in [-0.3, -0.25) is 4.79 Å². The number of hydrogen-bond acceptors (Lipinski definition) is 5. The molecule has 0 spiro atoms. The molecule has 0 aliphatic carbocycles. The number of nitrogens with zero attached hydrogens (tertiary/aromatic N) is 2. The first-order valence-electron chi connectivity index (χ1n) is 6.38. The van der Waals surface area contributed by atoms with Crippen LogP contribution >= 0.6 is 11.3 Å². The van der Waals surface area contributed by atoms with Crippen molar-refractivity contribution in [2.45, 2.75) is 18.9 Å². The van der Waals surface area contributed by atoms with Gasteiger partial charge in [0.05, 0.1) is 36.9 Å². The summed E-state index contributed by atoms with van der Waals surface area (Å²) in [6.07, 6.45) is 0.572. The number of nitrogens with one attached hydrogen (secondary N) is 1. The molecule has 0 radical (unpaired) electrons. The quantitative estimate of drug-likeness (QED) is 0.829. The van der Waals surface area contributed by atoms with Gasteiger partial charge in [-0.1, -0.05) is 0 Å². The summed E-state index contributed by atoms with van der Waals surface area (Å²) in [5, 5.41) is 13.6. The van der Waals surface area contributed by atoms with Crippen LogP contribution in [-0.2, 0) is 16.0 Å². The fourth-order valence-corrected chi connectivity index (χ4v) is 2.65. The average Bonchev–Trinajstić information content (AvgIpc) is 2.91.